The number of aliphatic hydroxyl groups excluding tert-OH is 4. The van der Waals surface area contributed by atoms with Gasteiger partial charge in [-0.2, -0.15) is 4.91 Å². The molecule has 0 aromatic carbocycles. The number of hydrogen-bond acceptors (Lipinski definition) is 7. The van der Waals surface area contributed by atoms with Gasteiger partial charge in [-0.3, -0.25) is 4.90 Å². The fraction of sp³-hybridized carbons (Fsp3) is 1.00. The quantitative estimate of drug-likeness (QED) is 0.390. The third-order valence-corrected chi connectivity index (χ3v) is 2.72. The molecule has 1 fully saturated rings. The topological polar surface area (TPSA) is 114 Å². The highest BCUT2D eigenvalue weighted by Gasteiger charge is 2.42. The van der Waals surface area contributed by atoms with E-state index in [4.69, 9.17) is 10.2 Å². The van der Waals surface area contributed by atoms with E-state index in [1.807, 2.05) is 0 Å². The van der Waals surface area contributed by atoms with E-state index in [1.165, 1.54) is 0 Å². The van der Waals surface area contributed by atoms with Crippen molar-refractivity contribution in [3.05, 3.63) is 4.91 Å². The fourth-order valence-corrected chi connectivity index (χ4v) is 1.90. The van der Waals surface area contributed by atoms with Crippen LogP contribution in [-0.2, 0) is 0 Å². The van der Waals surface area contributed by atoms with E-state index in [1.54, 1.807) is 4.90 Å². The molecule has 0 bridgehead atoms. The van der Waals surface area contributed by atoms with Crippen molar-refractivity contribution in [3.63, 3.8) is 0 Å². The summed E-state index contributed by atoms with van der Waals surface area (Å²) in [5.74, 6) is 0. The zero-order valence-corrected chi connectivity index (χ0v) is 8.23. The Labute approximate surface area is 86.9 Å². The van der Waals surface area contributed by atoms with Gasteiger partial charge in [0.05, 0.1) is 25.4 Å². The molecule has 1 heterocycles. The lowest BCUT2D eigenvalue weighted by Gasteiger charge is -2.42. The molecule has 0 amide bonds. The molecule has 4 N–H and O–H groups in total. The van der Waals surface area contributed by atoms with Gasteiger partial charge in [0, 0.05) is 13.1 Å². The Morgan fingerprint density at radius 1 is 1.33 bits per heavy atom. The minimum atomic E-state index is -1.26. The maximum Gasteiger partial charge on any atom is 0.138 e. The lowest BCUT2D eigenvalue weighted by molar-refractivity contribution is -0.0861. The Morgan fingerprint density at radius 3 is 2.47 bits per heavy atom. The third-order valence-electron chi connectivity index (χ3n) is 2.72. The summed E-state index contributed by atoms with van der Waals surface area (Å²) in [5, 5.41) is 39.5. The smallest absolute Gasteiger partial charge is 0.138 e. The molecular formula is C8H16N2O5. The van der Waals surface area contributed by atoms with E-state index in [0.717, 1.165) is 0 Å². The molecule has 1 aliphatic rings. The summed E-state index contributed by atoms with van der Waals surface area (Å²) in [4.78, 5) is 12.1. The molecule has 1 aliphatic heterocycles. The van der Waals surface area contributed by atoms with Gasteiger partial charge in [-0.15, -0.1) is 0 Å². The van der Waals surface area contributed by atoms with Crippen LogP contribution in [0.25, 0.3) is 0 Å². The van der Waals surface area contributed by atoms with E-state index in [-0.39, 0.29) is 26.3 Å². The molecule has 0 spiro atoms. The molecule has 0 aromatic rings. The molecule has 3 unspecified atom stereocenters. The normalized spacial score (nSPS) is 37.9. The van der Waals surface area contributed by atoms with Gasteiger partial charge in [-0.1, -0.05) is 5.18 Å². The maximum absolute atomic E-state index is 10.5. The minimum absolute atomic E-state index is 0.110. The van der Waals surface area contributed by atoms with Gasteiger partial charge >= 0.3 is 0 Å². The molecular weight excluding hydrogens is 204 g/mol. The van der Waals surface area contributed by atoms with Gasteiger partial charge in [0.25, 0.3) is 0 Å². The highest BCUT2D eigenvalue weighted by atomic mass is 16.3. The molecule has 15 heavy (non-hydrogen) atoms. The van der Waals surface area contributed by atoms with E-state index in [2.05, 4.69) is 5.18 Å². The van der Waals surface area contributed by atoms with Crippen molar-refractivity contribution in [2.24, 2.45) is 5.18 Å². The van der Waals surface area contributed by atoms with E-state index in [9.17, 15) is 15.1 Å². The van der Waals surface area contributed by atoms with Crippen LogP contribution < -0.4 is 0 Å². The predicted molar refractivity (Wildman–Crippen MR) is 51.1 cm³/mol. The van der Waals surface area contributed by atoms with E-state index < -0.39 is 24.3 Å². The summed E-state index contributed by atoms with van der Waals surface area (Å²) >= 11 is 0. The Bertz CT molecular complexity index is 215. The molecule has 0 saturated carbocycles. The highest BCUT2D eigenvalue weighted by Crippen LogP contribution is 2.20. The largest absolute Gasteiger partial charge is 0.395 e. The molecule has 7 heteroatoms. The standard InChI is InChI=1S/C8H16N2O5/c11-2-1-10-3-6(13)8(14)7(9-15)5(10)4-12/h5-8,11-14H,1-4H2/t5?,6?,7-,8?/m0/s1. The maximum atomic E-state index is 10.5. The second-order valence-corrected chi connectivity index (χ2v) is 3.62. The fourth-order valence-electron chi connectivity index (χ4n) is 1.90. The number of likely N-dealkylation sites (tertiary alicyclic amines) is 1. The van der Waals surface area contributed by atoms with Gasteiger partial charge in [-0.25, -0.2) is 0 Å². The van der Waals surface area contributed by atoms with Crippen molar-refractivity contribution in [2.45, 2.75) is 24.3 Å². The predicted octanol–water partition coefficient (Wildman–Crippen LogP) is -2.49. The minimum Gasteiger partial charge on any atom is -0.395 e. The second-order valence-electron chi connectivity index (χ2n) is 3.62. The van der Waals surface area contributed by atoms with Crippen molar-refractivity contribution in [3.8, 4) is 0 Å². The van der Waals surface area contributed by atoms with Crippen LogP contribution in [0.5, 0.6) is 0 Å². The summed E-state index contributed by atoms with van der Waals surface area (Å²) in [6, 6.07) is -1.71. The molecule has 88 valence electrons. The first kappa shape index (κ1) is 12.5. The SMILES string of the molecule is O=N[C@@H]1C(O)C(O)CN(CCO)C1CO. The Balaban J connectivity index is 2.77. The van der Waals surface area contributed by atoms with Gasteiger partial charge in [0.15, 0.2) is 0 Å². The van der Waals surface area contributed by atoms with Gasteiger partial charge in [-0.05, 0) is 0 Å². The molecule has 1 rings (SSSR count). The van der Waals surface area contributed by atoms with E-state index >= 15 is 0 Å². The number of nitroso groups, excluding NO2 is 1. The molecule has 0 aliphatic carbocycles. The van der Waals surface area contributed by atoms with Crippen LogP contribution in [0.3, 0.4) is 0 Å². The molecule has 0 radical (unpaired) electrons. The van der Waals surface area contributed by atoms with Crippen LogP contribution in [0, 0.1) is 4.91 Å². The molecule has 1 saturated heterocycles. The van der Waals surface area contributed by atoms with Crippen LogP contribution in [-0.4, -0.2) is 75.9 Å². The third kappa shape index (κ3) is 2.50. The van der Waals surface area contributed by atoms with Crippen LogP contribution in [0.1, 0.15) is 0 Å². The van der Waals surface area contributed by atoms with Crippen molar-refractivity contribution < 1.29 is 20.4 Å². The Hall–Kier alpha value is -0.600. The molecule has 7 nitrogen and oxygen atoms in total. The summed E-state index contributed by atoms with van der Waals surface area (Å²) in [5.41, 5.74) is 0. The Kier molecular flexibility index (Phi) is 4.55. The highest BCUT2D eigenvalue weighted by molar-refractivity contribution is 4.98. The van der Waals surface area contributed by atoms with Crippen LogP contribution in [0.4, 0.5) is 0 Å². The van der Waals surface area contributed by atoms with Crippen LogP contribution in [0.15, 0.2) is 5.18 Å². The number of nitrogens with zero attached hydrogens (tertiary/aromatic N) is 2. The summed E-state index contributed by atoms with van der Waals surface area (Å²) in [6.45, 7) is -0.162. The van der Waals surface area contributed by atoms with Gasteiger partial charge < -0.3 is 20.4 Å². The van der Waals surface area contributed by atoms with Crippen LogP contribution >= 0.6 is 0 Å². The first-order valence-corrected chi connectivity index (χ1v) is 4.80. The average Bonchev–Trinajstić information content (AvgIpc) is 2.23. The van der Waals surface area contributed by atoms with Gasteiger partial charge in [0.2, 0.25) is 0 Å². The zero-order valence-electron chi connectivity index (χ0n) is 8.23. The van der Waals surface area contributed by atoms with E-state index in [0.29, 0.717) is 0 Å². The number of rotatable bonds is 4. The number of hydrogen-bond donors (Lipinski definition) is 4. The average molecular weight is 220 g/mol. The molecule has 4 atom stereocenters. The second kappa shape index (κ2) is 5.47. The van der Waals surface area contributed by atoms with Crippen molar-refractivity contribution in [1.82, 2.24) is 4.90 Å². The van der Waals surface area contributed by atoms with Gasteiger partial charge in [0.1, 0.15) is 12.1 Å². The lowest BCUT2D eigenvalue weighted by atomic mass is 9.92. The van der Waals surface area contributed by atoms with Crippen molar-refractivity contribution >= 4 is 0 Å². The summed E-state index contributed by atoms with van der Waals surface area (Å²) in [6.07, 6.45) is -2.34. The van der Waals surface area contributed by atoms with Crippen LogP contribution in [0.2, 0.25) is 0 Å². The monoisotopic (exact) mass is 220 g/mol. The van der Waals surface area contributed by atoms with Crippen molar-refractivity contribution in [1.29, 1.82) is 0 Å². The number of β-amino-alcohol motifs (C(OH)–C–C–N with tert-alkyl or cyclic N) is 2. The number of piperidine rings is 1. The first-order valence-electron chi connectivity index (χ1n) is 4.80. The van der Waals surface area contributed by atoms with Crippen molar-refractivity contribution in [2.75, 3.05) is 26.3 Å². The number of aliphatic hydroxyl groups is 4. The zero-order chi connectivity index (χ0) is 11.4. The summed E-state index contributed by atoms with van der Waals surface area (Å²) in [7, 11) is 0. The molecule has 0 aromatic heterocycles. The lowest BCUT2D eigenvalue weighted by Crippen LogP contribution is -2.62. The summed E-state index contributed by atoms with van der Waals surface area (Å²) < 4.78 is 0. The first-order chi connectivity index (χ1) is 7.15. The Morgan fingerprint density at radius 2 is 2.00 bits per heavy atom.